The largest absolute Gasteiger partial charge is 0.477 e. The molecule has 1 saturated heterocycles. The molecule has 3 fully saturated rings. The second-order valence-electron chi connectivity index (χ2n) is 12.2. The Labute approximate surface area is 249 Å². The van der Waals surface area contributed by atoms with Gasteiger partial charge in [-0.15, -0.1) is 0 Å². The topological polar surface area (TPSA) is 80.7 Å². The van der Waals surface area contributed by atoms with Crippen molar-refractivity contribution < 1.29 is 19.2 Å². The van der Waals surface area contributed by atoms with Crippen molar-refractivity contribution in [3.05, 3.63) is 69.5 Å². The highest BCUT2D eigenvalue weighted by atomic mass is 35.5. The Bertz CT molecular complexity index is 1600. The molecule has 1 spiro atoms. The van der Waals surface area contributed by atoms with Crippen LogP contribution in [0.5, 0.6) is 0 Å². The third-order valence-electron chi connectivity index (χ3n) is 9.45. The van der Waals surface area contributed by atoms with Gasteiger partial charge in [0.05, 0.1) is 22.2 Å². The number of aryl methyl sites for hydroxylation is 1. The van der Waals surface area contributed by atoms with Crippen LogP contribution in [0.1, 0.15) is 66.3 Å². The summed E-state index contributed by atoms with van der Waals surface area (Å²) in [6, 6.07) is 13.5. The van der Waals surface area contributed by atoms with Gasteiger partial charge in [-0.1, -0.05) is 40.5 Å². The van der Waals surface area contributed by atoms with E-state index in [1.165, 1.54) is 31.4 Å². The number of aromatic nitrogens is 2. The Morgan fingerprint density at radius 1 is 1.12 bits per heavy atom. The highest BCUT2D eigenvalue weighted by molar-refractivity contribution is 6.39. The maximum atomic E-state index is 11.5. The Kier molecular flexibility index (Phi) is 6.80. The van der Waals surface area contributed by atoms with E-state index < -0.39 is 5.97 Å². The first-order valence-corrected chi connectivity index (χ1v) is 15.2. The van der Waals surface area contributed by atoms with Gasteiger partial charge < -0.3 is 23.8 Å². The highest BCUT2D eigenvalue weighted by Crippen LogP contribution is 2.53. The van der Waals surface area contributed by atoms with Crippen LogP contribution in [-0.4, -0.2) is 40.5 Å². The van der Waals surface area contributed by atoms with E-state index in [9.17, 15) is 9.90 Å². The van der Waals surface area contributed by atoms with E-state index in [2.05, 4.69) is 22.2 Å². The molecule has 214 valence electrons. The third kappa shape index (κ3) is 4.92. The van der Waals surface area contributed by atoms with Gasteiger partial charge in [-0.3, -0.25) is 0 Å². The minimum Gasteiger partial charge on any atom is -0.477 e. The van der Waals surface area contributed by atoms with Gasteiger partial charge in [0, 0.05) is 54.9 Å². The van der Waals surface area contributed by atoms with Gasteiger partial charge in [-0.25, -0.2) is 4.79 Å². The van der Waals surface area contributed by atoms with Gasteiger partial charge in [0.2, 0.25) is 0 Å². The van der Waals surface area contributed by atoms with Crippen LogP contribution < -0.4 is 4.90 Å². The molecule has 3 aliphatic rings. The van der Waals surface area contributed by atoms with Crippen LogP contribution in [0.3, 0.4) is 0 Å². The summed E-state index contributed by atoms with van der Waals surface area (Å²) < 4.78 is 13.8. The molecule has 1 aliphatic heterocycles. The number of benzene rings is 2. The van der Waals surface area contributed by atoms with Crippen LogP contribution in [0.15, 0.2) is 47.0 Å². The Balaban J connectivity index is 0.953. The van der Waals surface area contributed by atoms with Crippen molar-refractivity contribution in [3.63, 3.8) is 0 Å². The molecule has 2 aromatic heterocycles. The molecule has 7 nitrogen and oxygen atoms in total. The molecule has 2 aromatic carbocycles. The molecule has 2 saturated carbocycles. The van der Waals surface area contributed by atoms with Crippen molar-refractivity contribution in [3.8, 4) is 11.3 Å². The average molecular weight is 595 g/mol. The minimum atomic E-state index is -0.899. The molecular weight excluding hydrogens is 561 g/mol. The number of carboxylic acid groups (broad SMARTS) is 1. The van der Waals surface area contributed by atoms with E-state index in [0.29, 0.717) is 50.9 Å². The number of nitrogens with zero attached hydrogens (tertiary/aromatic N) is 3. The summed E-state index contributed by atoms with van der Waals surface area (Å²) in [5.41, 5.74) is 5.24. The molecular formula is C32H33Cl2N3O4. The average Bonchev–Trinajstić information content (AvgIpc) is 3.62. The molecule has 9 heteroatoms. The SMILES string of the molecule is Cn1c(C(=O)O)cc2ccc(N3CCC4(CC3)CC(COCc3c(-c5c(Cl)cccc5Cl)noc3C3CC3)C4)cc21. The summed E-state index contributed by atoms with van der Waals surface area (Å²) >= 11 is 13.0. The van der Waals surface area contributed by atoms with E-state index >= 15 is 0 Å². The Hall–Kier alpha value is -3.00. The van der Waals surface area contributed by atoms with Gasteiger partial charge in [-0.2, -0.15) is 0 Å². The van der Waals surface area contributed by atoms with E-state index in [-0.39, 0.29) is 0 Å². The number of piperidine rings is 1. The lowest BCUT2D eigenvalue weighted by atomic mass is 9.58. The number of carboxylic acids is 1. The molecule has 0 amide bonds. The molecule has 41 heavy (non-hydrogen) atoms. The number of aromatic carboxylic acids is 1. The summed E-state index contributed by atoms with van der Waals surface area (Å²) in [6.45, 7) is 3.21. The lowest BCUT2D eigenvalue weighted by Crippen LogP contribution is -2.48. The molecule has 0 bridgehead atoms. The second kappa shape index (κ2) is 10.4. The Morgan fingerprint density at radius 3 is 2.54 bits per heavy atom. The van der Waals surface area contributed by atoms with Gasteiger partial charge >= 0.3 is 5.97 Å². The molecule has 7 rings (SSSR count). The van der Waals surface area contributed by atoms with Gasteiger partial charge in [0.15, 0.2) is 0 Å². The number of hydrogen-bond donors (Lipinski definition) is 1. The summed E-state index contributed by atoms with van der Waals surface area (Å²) in [4.78, 5) is 14.0. The summed E-state index contributed by atoms with van der Waals surface area (Å²) in [5, 5.41) is 15.9. The summed E-state index contributed by atoms with van der Waals surface area (Å²) in [5.74, 6) is 0.993. The molecule has 0 radical (unpaired) electrons. The number of halogens is 2. The van der Waals surface area contributed by atoms with Crippen LogP contribution >= 0.6 is 23.2 Å². The molecule has 0 unspecified atom stereocenters. The van der Waals surface area contributed by atoms with E-state index in [4.69, 9.17) is 32.5 Å². The van der Waals surface area contributed by atoms with Gasteiger partial charge in [0.25, 0.3) is 0 Å². The predicted molar refractivity (Wildman–Crippen MR) is 160 cm³/mol. The summed E-state index contributed by atoms with van der Waals surface area (Å²) in [7, 11) is 1.82. The lowest BCUT2D eigenvalue weighted by molar-refractivity contribution is -0.0315. The monoisotopic (exact) mass is 593 g/mol. The van der Waals surface area contributed by atoms with Crippen LogP contribution in [0, 0.1) is 11.3 Å². The molecule has 0 atom stereocenters. The van der Waals surface area contributed by atoms with Crippen LogP contribution in [0.25, 0.3) is 22.2 Å². The van der Waals surface area contributed by atoms with Crippen molar-refractivity contribution in [1.29, 1.82) is 0 Å². The lowest BCUT2D eigenvalue weighted by Gasteiger charge is -2.52. The van der Waals surface area contributed by atoms with Crippen LogP contribution in [0.2, 0.25) is 10.0 Å². The van der Waals surface area contributed by atoms with E-state index in [0.717, 1.165) is 54.8 Å². The third-order valence-corrected chi connectivity index (χ3v) is 10.1. The fraction of sp³-hybridized carbons (Fsp3) is 0.438. The quantitative estimate of drug-likeness (QED) is 0.223. The van der Waals surface area contributed by atoms with Crippen molar-refractivity contribution in [2.75, 3.05) is 24.6 Å². The Morgan fingerprint density at radius 2 is 1.85 bits per heavy atom. The second-order valence-corrected chi connectivity index (χ2v) is 13.0. The first kappa shape index (κ1) is 26.9. The molecule has 4 aromatic rings. The zero-order chi connectivity index (χ0) is 28.3. The number of anilines is 1. The molecule has 3 heterocycles. The normalized spacial score (nSPS) is 18.8. The van der Waals surface area contributed by atoms with Crippen molar-refractivity contribution in [2.24, 2.45) is 18.4 Å². The van der Waals surface area contributed by atoms with Crippen LogP contribution in [0.4, 0.5) is 5.69 Å². The van der Waals surface area contributed by atoms with E-state index in [1.807, 2.05) is 31.3 Å². The van der Waals surface area contributed by atoms with Gasteiger partial charge in [-0.05, 0) is 80.2 Å². The first-order chi connectivity index (χ1) is 19.8. The highest BCUT2D eigenvalue weighted by Gasteiger charge is 2.46. The number of fused-ring (bicyclic) bond motifs is 1. The van der Waals surface area contributed by atoms with Gasteiger partial charge in [0.1, 0.15) is 17.1 Å². The number of ether oxygens (including phenoxy) is 1. The maximum Gasteiger partial charge on any atom is 0.352 e. The minimum absolute atomic E-state index is 0.314. The maximum absolute atomic E-state index is 11.5. The zero-order valence-electron chi connectivity index (χ0n) is 23.0. The fourth-order valence-corrected chi connectivity index (χ4v) is 7.60. The standard InChI is InChI=1S/C32H33Cl2N3O4/c1-36-26-14-22(8-7-21(26)13-27(36)31(38)39)37-11-9-32(10-12-37)15-19(16-32)17-40-18-23-29(35-41-30(23)20-5-6-20)28-24(33)3-2-4-25(28)34/h2-4,7-8,13-14,19-20H,5-6,9-12,15-18H2,1H3,(H,38,39). The smallest absolute Gasteiger partial charge is 0.352 e. The van der Waals surface area contributed by atoms with Crippen molar-refractivity contribution in [2.45, 2.75) is 51.0 Å². The first-order valence-electron chi connectivity index (χ1n) is 14.4. The van der Waals surface area contributed by atoms with Crippen molar-refractivity contribution >= 4 is 45.8 Å². The number of hydrogen-bond acceptors (Lipinski definition) is 5. The molecule has 1 N–H and O–H groups in total. The fourth-order valence-electron chi connectivity index (χ4n) is 7.03. The van der Waals surface area contributed by atoms with E-state index in [1.54, 1.807) is 10.6 Å². The molecule has 2 aliphatic carbocycles. The number of rotatable bonds is 8. The van der Waals surface area contributed by atoms with Crippen LogP contribution in [-0.2, 0) is 18.4 Å². The number of carbonyl (C=O) groups is 1. The predicted octanol–water partition coefficient (Wildman–Crippen LogP) is 7.93. The summed E-state index contributed by atoms with van der Waals surface area (Å²) in [6.07, 6.45) is 6.96. The zero-order valence-corrected chi connectivity index (χ0v) is 24.5. The van der Waals surface area contributed by atoms with Crippen molar-refractivity contribution in [1.82, 2.24) is 9.72 Å².